The Hall–Kier alpha value is -3.72. The maximum absolute atomic E-state index is 14.9. The molecule has 0 spiro atoms. The first-order valence-corrected chi connectivity index (χ1v) is 17.3. The van der Waals surface area contributed by atoms with E-state index in [4.69, 9.17) is 4.74 Å². The van der Waals surface area contributed by atoms with Gasteiger partial charge in [-0.15, -0.1) is 12.4 Å². The molecule has 48 heavy (non-hydrogen) atoms. The number of hydrogen-bond acceptors (Lipinski definition) is 5. The Bertz CT molecular complexity index is 1490. The van der Waals surface area contributed by atoms with Gasteiger partial charge in [0.1, 0.15) is 18.3 Å². The first-order valence-electron chi connectivity index (χ1n) is 17.3. The summed E-state index contributed by atoms with van der Waals surface area (Å²) in [4.78, 5) is 44.1. The molecule has 2 saturated heterocycles. The quantitative estimate of drug-likeness (QED) is 0.257. The van der Waals surface area contributed by atoms with E-state index in [0.29, 0.717) is 19.4 Å². The summed E-state index contributed by atoms with van der Waals surface area (Å²) >= 11 is 0. The maximum Gasteiger partial charge on any atom is 0.247 e. The summed E-state index contributed by atoms with van der Waals surface area (Å²) in [5.74, 6) is -0.625. The molecule has 0 radical (unpaired) electrons. The van der Waals surface area contributed by atoms with Crippen LogP contribution in [0.25, 0.3) is 0 Å². The van der Waals surface area contributed by atoms with Gasteiger partial charge < -0.3 is 25.6 Å². The van der Waals surface area contributed by atoms with Crippen molar-refractivity contribution in [3.05, 3.63) is 107 Å². The number of benzene rings is 3. The molecule has 0 saturated carbocycles. The minimum Gasteiger partial charge on any atom is -0.358 e. The third kappa shape index (κ3) is 7.77. The normalized spacial score (nSPS) is 23.5. The van der Waals surface area contributed by atoms with Gasteiger partial charge in [0.2, 0.25) is 17.7 Å². The van der Waals surface area contributed by atoms with Crippen molar-refractivity contribution in [3.63, 3.8) is 0 Å². The molecule has 3 aromatic carbocycles. The van der Waals surface area contributed by atoms with Gasteiger partial charge in [-0.3, -0.25) is 14.4 Å². The van der Waals surface area contributed by atoms with Crippen LogP contribution in [-0.2, 0) is 38.4 Å². The standard InChI is InChI=1S/C39H48N4O4.ClH/c1-27(40-2)36(44)42-33-22-25-47-34-26-39(23-20-28-12-5-3-6-13-28,24-21-29-14-7-4-8-15-29)35(43(34)38(33)46)37(45)41-32-19-11-17-30-16-9-10-18-31(30)32;/h3-10,12-16,18,27,32-35,40H,11,17,19-26H2,1-2H3,(H,41,45)(H,42,44);1H/t27?,32-,33+,34+,35?;/m1./s1. The number of hydrogen-bond donors (Lipinski definition) is 3. The highest BCUT2D eigenvalue weighted by molar-refractivity contribution is 5.94. The number of carbonyl (C=O) groups is 3. The van der Waals surface area contributed by atoms with E-state index in [1.165, 1.54) is 16.7 Å². The number of amides is 3. The van der Waals surface area contributed by atoms with Crippen molar-refractivity contribution in [1.29, 1.82) is 0 Å². The lowest BCUT2D eigenvalue weighted by Gasteiger charge is -2.39. The molecule has 0 aromatic heterocycles. The van der Waals surface area contributed by atoms with Crippen LogP contribution in [-0.4, -0.2) is 60.6 Å². The first kappa shape index (κ1) is 35.6. The molecule has 0 bridgehead atoms. The fourth-order valence-electron chi connectivity index (χ4n) is 7.85. The Kier molecular flexibility index (Phi) is 11.9. The van der Waals surface area contributed by atoms with E-state index < -0.39 is 29.8 Å². The Morgan fingerprint density at radius 2 is 1.50 bits per heavy atom. The summed E-state index contributed by atoms with van der Waals surface area (Å²) in [5.41, 5.74) is 4.28. The molecule has 2 fully saturated rings. The number of likely N-dealkylation sites (N-methyl/N-ethyl adjacent to an activating group) is 1. The third-order valence-electron chi connectivity index (χ3n) is 10.6. The number of nitrogens with one attached hydrogen (secondary N) is 3. The Balaban J connectivity index is 0.00000451. The molecule has 9 heteroatoms. The monoisotopic (exact) mass is 672 g/mol. The Morgan fingerprint density at radius 3 is 2.15 bits per heavy atom. The molecule has 2 aliphatic heterocycles. The zero-order valence-electron chi connectivity index (χ0n) is 28.0. The van der Waals surface area contributed by atoms with Crippen LogP contribution in [0.2, 0.25) is 0 Å². The van der Waals surface area contributed by atoms with Crippen molar-refractivity contribution in [2.45, 2.75) is 95.1 Å². The zero-order valence-corrected chi connectivity index (χ0v) is 28.8. The minimum atomic E-state index is -0.770. The van der Waals surface area contributed by atoms with Gasteiger partial charge in [0.25, 0.3) is 0 Å². The van der Waals surface area contributed by atoms with Crippen LogP contribution >= 0.6 is 12.4 Å². The van der Waals surface area contributed by atoms with Crippen LogP contribution in [0.1, 0.15) is 73.7 Å². The molecule has 8 nitrogen and oxygen atoms in total. The second kappa shape index (κ2) is 16.1. The van der Waals surface area contributed by atoms with Crippen LogP contribution in [0.5, 0.6) is 0 Å². The number of halogens is 1. The van der Waals surface area contributed by atoms with Crippen molar-refractivity contribution in [3.8, 4) is 0 Å². The highest BCUT2D eigenvalue weighted by atomic mass is 35.5. The molecular formula is C39H49ClN4O4. The van der Waals surface area contributed by atoms with E-state index in [1.54, 1.807) is 18.9 Å². The summed E-state index contributed by atoms with van der Waals surface area (Å²) in [5, 5.41) is 9.36. The van der Waals surface area contributed by atoms with Crippen LogP contribution in [0.15, 0.2) is 84.9 Å². The van der Waals surface area contributed by atoms with Gasteiger partial charge in [-0.2, -0.15) is 0 Å². The highest BCUT2D eigenvalue weighted by Gasteiger charge is 2.58. The van der Waals surface area contributed by atoms with Crippen molar-refractivity contribution in [2.75, 3.05) is 13.7 Å². The van der Waals surface area contributed by atoms with Gasteiger partial charge in [0.15, 0.2) is 0 Å². The largest absolute Gasteiger partial charge is 0.358 e. The van der Waals surface area contributed by atoms with Gasteiger partial charge in [0, 0.05) is 18.3 Å². The van der Waals surface area contributed by atoms with Crippen molar-refractivity contribution in [1.82, 2.24) is 20.9 Å². The lowest BCUT2D eigenvalue weighted by atomic mass is 9.70. The molecule has 6 rings (SSSR count). The molecule has 3 N–H and O–H groups in total. The lowest BCUT2D eigenvalue weighted by Crippen LogP contribution is -2.59. The smallest absolute Gasteiger partial charge is 0.247 e. The number of ether oxygens (including phenoxy) is 1. The number of nitrogens with zero attached hydrogens (tertiary/aromatic N) is 1. The second-order valence-corrected chi connectivity index (χ2v) is 13.5. The summed E-state index contributed by atoms with van der Waals surface area (Å²) < 4.78 is 6.44. The van der Waals surface area contributed by atoms with E-state index in [0.717, 1.165) is 50.5 Å². The molecule has 1 aliphatic carbocycles. The van der Waals surface area contributed by atoms with Gasteiger partial charge in [-0.1, -0.05) is 84.9 Å². The topological polar surface area (TPSA) is 99.8 Å². The lowest BCUT2D eigenvalue weighted by molar-refractivity contribution is -0.150. The summed E-state index contributed by atoms with van der Waals surface area (Å²) in [6.45, 7) is 2.09. The van der Waals surface area contributed by atoms with Crippen molar-refractivity contribution >= 4 is 30.1 Å². The molecule has 5 atom stereocenters. The summed E-state index contributed by atoms with van der Waals surface area (Å²) in [6, 6.07) is 27.0. The SMILES string of the molecule is CNC(C)C(=O)N[C@H]1CCO[C@H]2CC(CCc3ccccc3)(CCc3ccccc3)C(C(=O)N[C@@H]3CCCc4ccccc43)N2C1=O.Cl. The average molecular weight is 673 g/mol. The molecule has 256 valence electrons. The molecular weight excluding hydrogens is 624 g/mol. The fourth-order valence-corrected chi connectivity index (χ4v) is 7.85. The molecule has 2 heterocycles. The summed E-state index contributed by atoms with van der Waals surface area (Å²) in [7, 11) is 1.72. The van der Waals surface area contributed by atoms with Gasteiger partial charge in [0.05, 0.1) is 18.7 Å². The fraction of sp³-hybridized carbons (Fsp3) is 0.462. The predicted molar refractivity (Wildman–Crippen MR) is 190 cm³/mol. The predicted octanol–water partition coefficient (Wildman–Crippen LogP) is 5.29. The van der Waals surface area contributed by atoms with Crippen molar-refractivity contribution < 1.29 is 19.1 Å². The van der Waals surface area contributed by atoms with E-state index >= 15 is 0 Å². The van der Waals surface area contributed by atoms with E-state index in [2.05, 4.69) is 58.4 Å². The van der Waals surface area contributed by atoms with E-state index in [1.807, 2.05) is 42.5 Å². The Morgan fingerprint density at radius 1 is 0.875 bits per heavy atom. The third-order valence-corrected chi connectivity index (χ3v) is 10.6. The second-order valence-electron chi connectivity index (χ2n) is 13.5. The van der Waals surface area contributed by atoms with E-state index in [9.17, 15) is 14.4 Å². The molecule has 2 unspecified atom stereocenters. The van der Waals surface area contributed by atoms with Crippen LogP contribution in [0, 0.1) is 5.41 Å². The number of fused-ring (bicyclic) bond motifs is 2. The number of aryl methyl sites for hydroxylation is 3. The highest BCUT2D eigenvalue weighted by Crippen LogP contribution is 2.49. The maximum atomic E-state index is 14.9. The zero-order chi connectivity index (χ0) is 32.8. The van der Waals surface area contributed by atoms with Crippen LogP contribution in [0.4, 0.5) is 0 Å². The van der Waals surface area contributed by atoms with Crippen LogP contribution < -0.4 is 16.0 Å². The number of rotatable bonds is 11. The Labute approximate surface area is 290 Å². The van der Waals surface area contributed by atoms with Crippen molar-refractivity contribution in [2.24, 2.45) is 5.41 Å². The minimum absolute atomic E-state index is 0. The van der Waals surface area contributed by atoms with Gasteiger partial charge >= 0.3 is 0 Å². The molecule has 3 amide bonds. The van der Waals surface area contributed by atoms with Crippen LogP contribution in [0.3, 0.4) is 0 Å². The molecule has 3 aliphatic rings. The molecule has 3 aromatic rings. The first-order chi connectivity index (χ1) is 22.9. The van der Waals surface area contributed by atoms with Gasteiger partial charge in [-0.05, 0) is 81.2 Å². The van der Waals surface area contributed by atoms with Gasteiger partial charge in [-0.25, -0.2) is 0 Å². The average Bonchev–Trinajstić information content (AvgIpc) is 3.36. The van der Waals surface area contributed by atoms with E-state index in [-0.39, 0.29) is 36.2 Å². The summed E-state index contributed by atoms with van der Waals surface area (Å²) in [6.07, 6.45) is 6.22. The number of carbonyl (C=O) groups excluding carboxylic acids is 3.